The number of thiazole rings is 1. The van der Waals surface area contributed by atoms with Gasteiger partial charge in [0.25, 0.3) is 0 Å². The maximum absolute atomic E-state index is 4.93. The van der Waals surface area contributed by atoms with Gasteiger partial charge in [-0.1, -0.05) is 72.6 Å². The summed E-state index contributed by atoms with van der Waals surface area (Å²) in [6.07, 6.45) is 4.16. The number of nitrogens with zero attached hydrogens (tertiary/aromatic N) is 2. The quantitative estimate of drug-likeness (QED) is 0.105. The van der Waals surface area contributed by atoms with Crippen molar-refractivity contribution in [3.8, 4) is 0 Å². The normalized spacial score (nSPS) is 13.0. The van der Waals surface area contributed by atoms with Gasteiger partial charge in [-0.15, -0.1) is 11.3 Å². The van der Waals surface area contributed by atoms with Gasteiger partial charge >= 0.3 is 41.5 Å². The van der Waals surface area contributed by atoms with Crippen LogP contribution in [0.3, 0.4) is 0 Å². The van der Waals surface area contributed by atoms with Crippen LogP contribution in [0.15, 0.2) is 101 Å². The van der Waals surface area contributed by atoms with Crippen LogP contribution in [0.1, 0.15) is 24.0 Å². The number of rotatable bonds is 5. The van der Waals surface area contributed by atoms with E-state index in [1.54, 1.807) is 17.5 Å². The molecule has 0 bridgehead atoms. The zero-order chi connectivity index (χ0) is 26.3. The van der Waals surface area contributed by atoms with E-state index in [2.05, 4.69) is 102 Å². The second kappa shape index (κ2) is 17.2. The number of aromatic nitrogens is 1. The predicted octanol–water partition coefficient (Wildman–Crippen LogP) is 7.92. The third-order valence-corrected chi connectivity index (χ3v) is 8.00. The first kappa shape index (κ1) is 30.1. The molecule has 1 aliphatic rings. The summed E-state index contributed by atoms with van der Waals surface area (Å²) in [5, 5.41) is 9.06. The van der Waals surface area contributed by atoms with Crippen molar-refractivity contribution >= 4 is 71.1 Å². The first-order valence-corrected chi connectivity index (χ1v) is 19.1. The van der Waals surface area contributed by atoms with Crippen molar-refractivity contribution in [3.63, 3.8) is 0 Å². The van der Waals surface area contributed by atoms with Gasteiger partial charge in [0.2, 0.25) is 5.13 Å². The average molecular weight is 632 g/mol. The SMILES string of the molecule is Cc1ccc(C(=Nc2nccs2)N[PH+](c2ccccc2)c2ccccc2)cc1.[CH-]1CCCO1.[Cl][Cr+]([Cl])[Cl]. The van der Waals surface area contributed by atoms with Crippen LogP contribution in [0.5, 0.6) is 0 Å². The monoisotopic (exact) mass is 630 g/mol. The van der Waals surface area contributed by atoms with Gasteiger partial charge in [-0.05, 0) is 31.2 Å². The number of halogens is 3. The number of ether oxygens (including phenoxy) is 1. The molecule has 0 aliphatic carbocycles. The second-order valence-corrected chi connectivity index (χ2v) is 17.1. The third-order valence-electron chi connectivity index (χ3n) is 5.02. The maximum atomic E-state index is 4.93. The van der Waals surface area contributed by atoms with E-state index in [9.17, 15) is 0 Å². The van der Waals surface area contributed by atoms with E-state index >= 15 is 0 Å². The minimum absolute atomic E-state index is 0.755. The topological polar surface area (TPSA) is 46.5 Å². The molecule has 0 spiro atoms. The van der Waals surface area contributed by atoms with Crippen molar-refractivity contribution in [2.45, 2.75) is 19.8 Å². The van der Waals surface area contributed by atoms with Crippen LogP contribution >= 0.6 is 49.6 Å². The number of aliphatic imine (C=N–C) groups is 1. The number of aryl methyl sites for hydroxylation is 1. The number of benzene rings is 3. The Morgan fingerprint density at radius 1 is 0.973 bits per heavy atom. The first-order valence-electron chi connectivity index (χ1n) is 11.5. The van der Waals surface area contributed by atoms with Gasteiger partial charge < -0.3 is 4.74 Å². The molecule has 0 radical (unpaired) electrons. The fourth-order valence-corrected chi connectivity index (χ4v) is 5.92. The second-order valence-electron chi connectivity index (χ2n) is 7.73. The fourth-order valence-electron chi connectivity index (χ4n) is 3.30. The molecule has 4 nitrogen and oxygen atoms in total. The Balaban J connectivity index is 0.000000360. The Morgan fingerprint density at radius 3 is 2.00 bits per heavy atom. The van der Waals surface area contributed by atoms with E-state index in [1.807, 2.05) is 12.0 Å². The van der Waals surface area contributed by atoms with Crippen LogP contribution in [0, 0.1) is 13.5 Å². The van der Waals surface area contributed by atoms with Crippen molar-refractivity contribution in [3.05, 3.63) is 114 Å². The van der Waals surface area contributed by atoms with Gasteiger partial charge in [0.1, 0.15) is 10.6 Å². The summed E-state index contributed by atoms with van der Waals surface area (Å²) in [7, 11) is 13.5. The molecule has 0 saturated carbocycles. The standard InChI is InChI=1S/C23H20N3PS.C4H7O.3ClH.Cr/c1-18-12-14-19(15-13-18)22(25-23-24-16-17-28-23)26-27(20-8-4-2-5-9-20)21-10-6-3-7-11-21;1-2-4-5-3-1;;;;/h2-17H,1H3,(H,24,25,26);3H,1-2,4H2;3*1H;/q;-1;;;;+4/p-2. The van der Waals surface area contributed by atoms with Gasteiger partial charge in [-0.3, -0.25) is 0 Å². The summed E-state index contributed by atoms with van der Waals surface area (Å²) >= 11 is -0.0845. The van der Waals surface area contributed by atoms with E-state index in [-0.39, 0.29) is 0 Å². The van der Waals surface area contributed by atoms with E-state index < -0.39 is 19.5 Å². The molecule has 0 amide bonds. The third kappa shape index (κ3) is 11.4. The van der Waals surface area contributed by atoms with Crippen molar-refractivity contribution in [1.29, 1.82) is 0 Å². The van der Waals surface area contributed by atoms with Gasteiger partial charge in [0, 0.05) is 23.7 Å². The Labute approximate surface area is 241 Å². The van der Waals surface area contributed by atoms with Crippen LogP contribution in [0.2, 0.25) is 0 Å². The molecule has 37 heavy (non-hydrogen) atoms. The molecule has 0 unspecified atom stereocenters. The Kier molecular flexibility index (Phi) is 14.0. The average Bonchev–Trinajstić information content (AvgIpc) is 3.65. The molecule has 1 aliphatic heterocycles. The molecular weight excluding hydrogens is 604 g/mol. The molecule has 1 N–H and O–H groups in total. The van der Waals surface area contributed by atoms with Gasteiger partial charge in [-0.25, -0.2) is 16.7 Å². The molecule has 3 aromatic carbocycles. The van der Waals surface area contributed by atoms with Crippen molar-refractivity contribution in [2.75, 3.05) is 6.61 Å². The number of hydrogen-bond donors (Lipinski definition) is 1. The number of nitrogens with one attached hydrogen (secondary N) is 1. The van der Waals surface area contributed by atoms with Gasteiger partial charge in [-0.2, -0.15) is 11.4 Å². The molecule has 1 aromatic heterocycles. The molecule has 4 aromatic rings. The van der Waals surface area contributed by atoms with Crippen LogP contribution in [0.4, 0.5) is 5.13 Å². The summed E-state index contributed by atoms with van der Waals surface area (Å²) in [5.41, 5.74) is 2.30. The van der Waals surface area contributed by atoms with Gasteiger partial charge in [0.15, 0.2) is 13.9 Å². The van der Waals surface area contributed by atoms with Crippen LogP contribution in [-0.4, -0.2) is 17.4 Å². The Morgan fingerprint density at radius 2 is 1.57 bits per heavy atom. The summed E-state index contributed by atoms with van der Waals surface area (Å²) in [4.78, 5) is 9.20. The van der Waals surface area contributed by atoms with E-state index in [4.69, 9.17) is 39.9 Å². The predicted molar refractivity (Wildman–Crippen MR) is 160 cm³/mol. The minimum atomic E-state index is -1.62. The molecule has 1 saturated heterocycles. The van der Waals surface area contributed by atoms with E-state index in [0.717, 1.165) is 29.6 Å². The summed E-state index contributed by atoms with van der Waals surface area (Å²) in [5.74, 6) is 0.858. The number of amidine groups is 1. The molecule has 1 fully saturated rings. The summed E-state index contributed by atoms with van der Waals surface area (Å²) in [6.45, 7) is 4.90. The fraction of sp³-hybridized carbons (Fsp3) is 0.148. The van der Waals surface area contributed by atoms with Gasteiger partial charge in [0.05, 0.1) is 0 Å². The zero-order valence-corrected chi connectivity index (χ0v) is 25.5. The van der Waals surface area contributed by atoms with Crippen molar-refractivity contribution < 1.29 is 16.1 Å². The van der Waals surface area contributed by atoms with Crippen LogP contribution < -0.4 is 15.7 Å². The first-order chi connectivity index (χ1) is 18.0. The van der Waals surface area contributed by atoms with Crippen molar-refractivity contribution in [2.24, 2.45) is 4.99 Å². The van der Waals surface area contributed by atoms with Crippen LogP contribution in [0.25, 0.3) is 0 Å². The van der Waals surface area contributed by atoms with E-state index in [0.29, 0.717) is 0 Å². The Hall–Kier alpha value is -1.45. The summed E-state index contributed by atoms with van der Waals surface area (Å²) in [6, 6.07) is 29.7. The molecule has 194 valence electrons. The zero-order valence-electron chi connectivity index (χ0n) is 20.2. The molecular formula is C27H28Cl3CrN3OPS+. The van der Waals surface area contributed by atoms with E-state index in [1.165, 1.54) is 22.6 Å². The molecule has 10 heteroatoms. The molecule has 0 atom stereocenters. The molecule has 2 heterocycles. The number of hydrogen-bond acceptors (Lipinski definition) is 4. The van der Waals surface area contributed by atoms with Crippen LogP contribution in [-0.2, 0) is 16.1 Å². The Bertz CT molecular complexity index is 1130. The summed E-state index contributed by atoms with van der Waals surface area (Å²) < 4.78 is 4.82. The van der Waals surface area contributed by atoms with Crippen molar-refractivity contribution in [1.82, 2.24) is 10.1 Å². The molecule has 5 rings (SSSR count).